The van der Waals surface area contributed by atoms with Crippen LogP contribution >= 0.6 is 0 Å². The van der Waals surface area contributed by atoms with Gasteiger partial charge in [-0.3, -0.25) is 0 Å². The summed E-state index contributed by atoms with van der Waals surface area (Å²) in [6, 6.07) is 12.3. The van der Waals surface area contributed by atoms with E-state index in [9.17, 15) is 23.1 Å². The van der Waals surface area contributed by atoms with Gasteiger partial charge in [0.05, 0.1) is 5.56 Å². The van der Waals surface area contributed by atoms with Crippen molar-refractivity contribution in [2.24, 2.45) is 0 Å². The van der Waals surface area contributed by atoms with Crippen molar-refractivity contribution >= 4 is 11.9 Å². The average molecular weight is 520 g/mol. The Morgan fingerprint density at radius 3 is 2.43 bits per heavy atom. The zero-order chi connectivity index (χ0) is 27.1. The first-order valence-corrected chi connectivity index (χ1v) is 12.2. The molecule has 37 heavy (non-hydrogen) atoms. The molecular formula is C27H32F3N3O4. The summed E-state index contributed by atoms with van der Waals surface area (Å²) in [5, 5.41) is 13.4. The summed E-state index contributed by atoms with van der Waals surface area (Å²) in [5.74, 6) is 0.326. The molecule has 0 unspecified atom stereocenters. The summed E-state index contributed by atoms with van der Waals surface area (Å²) in [5.41, 5.74) is -0.396. The van der Waals surface area contributed by atoms with E-state index in [1.807, 2.05) is 23.1 Å². The summed E-state index contributed by atoms with van der Waals surface area (Å²) in [6.07, 6.45) is -0.480. The zero-order valence-electron chi connectivity index (χ0n) is 21.2. The predicted octanol–water partition coefficient (Wildman–Crippen LogP) is 6.31. The third-order valence-electron chi connectivity index (χ3n) is 5.82. The number of carboxylic acids is 1. The normalized spacial score (nSPS) is 11.9. The van der Waals surface area contributed by atoms with Gasteiger partial charge in [-0.2, -0.15) is 18.2 Å². The second-order valence-corrected chi connectivity index (χ2v) is 9.38. The van der Waals surface area contributed by atoms with Crippen LogP contribution in [0.15, 0.2) is 53.1 Å². The fourth-order valence-corrected chi connectivity index (χ4v) is 3.65. The molecule has 0 atom stereocenters. The molecule has 0 spiro atoms. The van der Waals surface area contributed by atoms with E-state index in [0.29, 0.717) is 55.5 Å². The Labute approximate surface area is 214 Å². The van der Waals surface area contributed by atoms with Crippen LogP contribution in [-0.4, -0.2) is 33.4 Å². The summed E-state index contributed by atoms with van der Waals surface area (Å²) >= 11 is 0. The van der Waals surface area contributed by atoms with Gasteiger partial charge in [-0.25, -0.2) is 4.79 Å². The number of halogens is 3. The van der Waals surface area contributed by atoms with Gasteiger partial charge in [-0.1, -0.05) is 37.6 Å². The molecule has 0 aliphatic rings. The van der Waals surface area contributed by atoms with Crippen molar-refractivity contribution in [3.63, 3.8) is 0 Å². The SMILES string of the molecule is CCCCc1nc(N(CCCc2cccc(OC(C)(C)C(=O)O)c2)Cc2ccc(C(F)(F)F)cc2)no1. The molecule has 3 aromatic rings. The van der Waals surface area contributed by atoms with Crippen molar-refractivity contribution < 1.29 is 32.3 Å². The maximum absolute atomic E-state index is 13.0. The summed E-state index contributed by atoms with van der Waals surface area (Å²) in [7, 11) is 0. The molecule has 0 saturated carbocycles. The minimum absolute atomic E-state index is 0.320. The summed E-state index contributed by atoms with van der Waals surface area (Å²) in [6.45, 7) is 5.89. The standard InChI is InChI=1S/C27H32F3N3O4/c1-4-5-11-23-31-25(32-37-23)33(18-20-12-14-21(15-13-20)27(28,29)30)16-7-9-19-8-6-10-22(17-19)36-26(2,3)24(34)35/h6,8,10,12-15,17H,4-5,7,9,11,16,18H2,1-3H3,(H,34,35). The van der Waals surface area contributed by atoms with Crippen molar-refractivity contribution in [3.8, 4) is 5.75 Å². The summed E-state index contributed by atoms with van der Waals surface area (Å²) in [4.78, 5) is 17.7. The highest BCUT2D eigenvalue weighted by Gasteiger charge is 2.30. The molecule has 0 fully saturated rings. The van der Waals surface area contributed by atoms with Crippen molar-refractivity contribution in [1.82, 2.24) is 10.1 Å². The second kappa shape index (κ2) is 12.1. The van der Waals surface area contributed by atoms with Gasteiger partial charge >= 0.3 is 12.1 Å². The Kier molecular flexibility index (Phi) is 9.18. The van der Waals surface area contributed by atoms with Crippen LogP contribution in [-0.2, 0) is 30.4 Å². The highest BCUT2D eigenvalue weighted by Crippen LogP contribution is 2.29. The molecule has 200 valence electrons. The van der Waals surface area contributed by atoms with Crippen molar-refractivity contribution in [2.45, 2.75) is 71.2 Å². The zero-order valence-corrected chi connectivity index (χ0v) is 21.2. The minimum Gasteiger partial charge on any atom is -0.478 e. The van der Waals surface area contributed by atoms with E-state index < -0.39 is 23.3 Å². The Morgan fingerprint density at radius 2 is 1.78 bits per heavy atom. The molecule has 2 aromatic carbocycles. The molecule has 0 amide bonds. The van der Waals surface area contributed by atoms with Crippen LogP contribution in [0, 0.1) is 0 Å². The van der Waals surface area contributed by atoms with E-state index in [2.05, 4.69) is 17.1 Å². The molecule has 0 aliphatic carbocycles. The third kappa shape index (κ3) is 8.23. The van der Waals surface area contributed by atoms with Gasteiger partial charge in [0.25, 0.3) is 5.95 Å². The molecule has 0 bridgehead atoms. The number of hydrogen-bond acceptors (Lipinski definition) is 6. The maximum atomic E-state index is 13.0. The van der Waals surface area contributed by atoms with Crippen molar-refractivity contribution in [3.05, 3.63) is 71.1 Å². The Hall–Kier alpha value is -3.56. The number of nitrogens with zero attached hydrogens (tertiary/aromatic N) is 3. The van der Waals surface area contributed by atoms with Gasteiger partial charge < -0.3 is 19.3 Å². The van der Waals surface area contributed by atoms with Gasteiger partial charge in [0.2, 0.25) is 5.89 Å². The van der Waals surface area contributed by atoms with Crippen LogP contribution in [0.4, 0.5) is 19.1 Å². The number of unbranched alkanes of at least 4 members (excludes halogenated alkanes) is 1. The number of hydrogen-bond donors (Lipinski definition) is 1. The lowest BCUT2D eigenvalue weighted by atomic mass is 10.1. The van der Waals surface area contributed by atoms with Gasteiger partial charge in [-0.05, 0) is 73.7 Å². The topological polar surface area (TPSA) is 88.7 Å². The van der Waals surface area contributed by atoms with E-state index in [4.69, 9.17) is 9.26 Å². The largest absolute Gasteiger partial charge is 0.478 e. The number of aliphatic carboxylic acids is 1. The molecule has 0 saturated heterocycles. The molecule has 1 aromatic heterocycles. The predicted molar refractivity (Wildman–Crippen MR) is 133 cm³/mol. The number of carboxylic acid groups (broad SMARTS) is 1. The number of rotatable bonds is 13. The van der Waals surface area contributed by atoms with E-state index >= 15 is 0 Å². The molecule has 1 heterocycles. The maximum Gasteiger partial charge on any atom is 0.416 e. The molecule has 7 nitrogen and oxygen atoms in total. The minimum atomic E-state index is -4.39. The van der Waals surface area contributed by atoms with Crippen LogP contribution in [0.1, 0.15) is 62.6 Å². The van der Waals surface area contributed by atoms with Crippen molar-refractivity contribution in [2.75, 3.05) is 11.4 Å². The van der Waals surface area contributed by atoms with Gasteiger partial charge in [0.1, 0.15) is 5.75 Å². The number of alkyl halides is 3. The van der Waals surface area contributed by atoms with E-state index in [-0.39, 0.29) is 0 Å². The van der Waals surface area contributed by atoms with Gasteiger partial charge in [0.15, 0.2) is 5.60 Å². The first kappa shape index (κ1) is 28.0. The second-order valence-electron chi connectivity index (χ2n) is 9.38. The van der Waals surface area contributed by atoms with E-state index in [1.54, 1.807) is 6.07 Å². The van der Waals surface area contributed by atoms with E-state index in [0.717, 1.165) is 30.5 Å². The quantitative estimate of drug-likeness (QED) is 0.283. The number of carbonyl (C=O) groups is 1. The monoisotopic (exact) mass is 519 g/mol. The first-order chi connectivity index (χ1) is 17.5. The molecule has 1 N–H and O–H groups in total. The first-order valence-electron chi connectivity index (χ1n) is 12.2. The average Bonchev–Trinajstić information content (AvgIpc) is 3.31. The number of benzene rings is 2. The number of anilines is 1. The lowest BCUT2D eigenvalue weighted by Gasteiger charge is -2.22. The fourth-order valence-electron chi connectivity index (χ4n) is 3.65. The van der Waals surface area contributed by atoms with Gasteiger partial charge in [-0.15, -0.1) is 0 Å². The Morgan fingerprint density at radius 1 is 1.05 bits per heavy atom. The Bertz CT molecular complexity index is 1160. The number of aromatic nitrogens is 2. The van der Waals surface area contributed by atoms with Crippen LogP contribution in [0.2, 0.25) is 0 Å². The lowest BCUT2D eigenvalue weighted by molar-refractivity contribution is -0.152. The molecule has 0 aliphatic heterocycles. The lowest BCUT2D eigenvalue weighted by Crippen LogP contribution is -2.37. The summed E-state index contributed by atoms with van der Waals surface area (Å²) < 4.78 is 49.9. The van der Waals surface area contributed by atoms with Crippen LogP contribution in [0.5, 0.6) is 5.75 Å². The van der Waals surface area contributed by atoms with Crippen LogP contribution < -0.4 is 9.64 Å². The third-order valence-corrected chi connectivity index (χ3v) is 5.82. The van der Waals surface area contributed by atoms with E-state index in [1.165, 1.54) is 26.0 Å². The molecular weight excluding hydrogens is 487 g/mol. The number of ether oxygens (including phenoxy) is 1. The molecule has 10 heteroatoms. The van der Waals surface area contributed by atoms with Crippen LogP contribution in [0.3, 0.4) is 0 Å². The molecule has 3 rings (SSSR count). The highest BCUT2D eigenvalue weighted by atomic mass is 19.4. The van der Waals surface area contributed by atoms with Gasteiger partial charge in [0, 0.05) is 19.5 Å². The van der Waals surface area contributed by atoms with Crippen molar-refractivity contribution in [1.29, 1.82) is 0 Å². The fraction of sp³-hybridized carbons (Fsp3) is 0.444. The highest BCUT2D eigenvalue weighted by molar-refractivity contribution is 5.76. The Balaban J connectivity index is 1.70. The number of aryl methyl sites for hydroxylation is 2. The molecule has 0 radical (unpaired) electrons. The smallest absolute Gasteiger partial charge is 0.416 e. The van der Waals surface area contributed by atoms with Crippen LogP contribution in [0.25, 0.3) is 0 Å².